The molecule has 1 heterocycles. The minimum atomic E-state index is -0.00575. The van der Waals surface area contributed by atoms with Crippen LogP contribution in [0, 0.1) is 12.8 Å². The molecule has 2 amide bonds. The number of benzene rings is 1. The second kappa shape index (κ2) is 5.95. The summed E-state index contributed by atoms with van der Waals surface area (Å²) in [5.74, 6) is 0.546. The molecule has 1 aromatic rings. The van der Waals surface area contributed by atoms with E-state index in [0.29, 0.717) is 5.92 Å². The first-order chi connectivity index (χ1) is 9.06. The number of amides is 2. The van der Waals surface area contributed by atoms with Crippen LogP contribution in [0.5, 0.6) is 0 Å². The topological polar surface area (TPSA) is 35.6 Å². The molecule has 0 spiro atoms. The van der Waals surface area contributed by atoms with E-state index in [1.54, 1.807) is 19.0 Å². The van der Waals surface area contributed by atoms with E-state index in [1.165, 1.54) is 11.3 Å². The van der Waals surface area contributed by atoms with Gasteiger partial charge in [-0.15, -0.1) is 0 Å². The molecule has 104 valence electrons. The monoisotopic (exact) mass is 261 g/mol. The summed E-state index contributed by atoms with van der Waals surface area (Å²) in [4.78, 5) is 15.5. The average molecular weight is 261 g/mol. The van der Waals surface area contributed by atoms with Gasteiger partial charge in [-0.05, 0) is 31.4 Å². The molecule has 4 nitrogen and oxygen atoms in total. The molecular weight excluding hydrogens is 238 g/mol. The fraction of sp³-hybridized carbons (Fsp3) is 0.533. The fourth-order valence-electron chi connectivity index (χ4n) is 2.38. The Bertz CT molecular complexity index is 428. The number of carbonyl (C=O) groups excluding carboxylic acids is 1. The number of carbonyl (C=O) groups is 1. The van der Waals surface area contributed by atoms with Crippen molar-refractivity contribution >= 4 is 11.7 Å². The van der Waals surface area contributed by atoms with Crippen molar-refractivity contribution in [1.29, 1.82) is 0 Å². The second-order valence-electron chi connectivity index (χ2n) is 5.52. The lowest BCUT2D eigenvalue weighted by Gasteiger charge is -2.19. The van der Waals surface area contributed by atoms with E-state index in [0.717, 1.165) is 26.1 Å². The molecule has 0 radical (unpaired) electrons. The largest absolute Gasteiger partial charge is 0.371 e. The third kappa shape index (κ3) is 3.63. The number of rotatable bonds is 3. The Morgan fingerprint density at radius 2 is 2.05 bits per heavy atom. The summed E-state index contributed by atoms with van der Waals surface area (Å²) < 4.78 is 0. The number of urea groups is 1. The molecule has 0 bridgehead atoms. The van der Waals surface area contributed by atoms with E-state index in [-0.39, 0.29) is 6.03 Å². The first kappa shape index (κ1) is 13.7. The van der Waals surface area contributed by atoms with Gasteiger partial charge < -0.3 is 15.1 Å². The first-order valence-corrected chi connectivity index (χ1v) is 6.83. The SMILES string of the molecule is Cc1ccc(N2CCC(CNC(=O)N(C)C)C2)cc1. The van der Waals surface area contributed by atoms with Gasteiger partial charge in [0.25, 0.3) is 0 Å². The maximum Gasteiger partial charge on any atom is 0.316 e. The van der Waals surface area contributed by atoms with Crippen LogP contribution in [-0.4, -0.2) is 44.7 Å². The minimum Gasteiger partial charge on any atom is -0.371 e. The standard InChI is InChI=1S/C15H23N3O/c1-12-4-6-14(7-5-12)18-9-8-13(11-18)10-16-15(19)17(2)3/h4-7,13H,8-11H2,1-3H3,(H,16,19). The molecule has 1 aliphatic rings. The Balaban J connectivity index is 1.83. The van der Waals surface area contributed by atoms with E-state index in [2.05, 4.69) is 41.4 Å². The van der Waals surface area contributed by atoms with Crippen molar-refractivity contribution in [2.45, 2.75) is 13.3 Å². The van der Waals surface area contributed by atoms with Gasteiger partial charge in [-0.2, -0.15) is 0 Å². The fourth-order valence-corrected chi connectivity index (χ4v) is 2.38. The van der Waals surface area contributed by atoms with Gasteiger partial charge >= 0.3 is 6.03 Å². The van der Waals surface area contributed by atoms with E-state index in [4.69, 9.17) is 0 Å². The second-order valence-corrected chi connectivity index (χ2v) is 5.52. The summed E-state index contributed by atoms with van der Waals surface area (Å²) in [7, 11) is 3.53. The minimum absolute atomic E-state index is 0.00575. The lowest BCUT2D eigenvalue weighted by molar-refractivity contribution is 0.216. The van der Waals surface area contributed by atoms with Crippen LogP contribution in [0.15, 0.2) is 24.3 Å². The summed E-state index contributed by atoms with van der Waals surface area (Å²) in [5, 5.41) is 2.97. The highest BCUT2D eigenvalue weighted by atomic mass is 16.2. The Kier molecular flexibility index (Phi) is 4.30. The molecule has 0 saturated carbocycles. The molecule has 1 unspecified atom stereocenters. The van der Waals surface area contributed by atoms with Crippen LogP contribution in [0.3, 0.4) is 0 Å². The molecule has 1 saturated heterocycles. The molecule has 4 heteroatoms. The predicted octanol–water partition coefficient (Wildman–Crippen LogP) is 2.09. The van der Waals surface area contributed by atoms with E-state index < -0.39 is 0 Å². The average Bonchev–Trinajstić information content (AvgIpc) is 2.85. The summed E-state index contributed by atoms with van der Waals surface area (Å²) in [6.45, 7) is 4.97. The molecular formula is C15H23N3O. The first-order valence-electron chi connectivity index (χ1n) is 6.83. The van der Waals surface area contributed by atoms with Crippen LogP contribution < -0.4 is 10.2 Å². The van der Waals surface area contributed by atoms with Crippen LogP contribution >= 0.6 is 0 Å². The number of hydrogen-bond acceptors (Lipinski definition) is 2. The van der Waals surface area contributed by atoms with Crippen molar-refractivity contribution < 1.29 is 4.79 Å². The summed E-state index contributed by atoms with van der Waals surface area (Å²) in [6, 6.07) is 8.65. The molecule has 1 aliphatic heterocycles. The Hall–Kier alpha value is -1.71. The molecule has 1 aromatic carbocycles. The number of anilines is 1. The zero-order valence-electron chi connectivity index (χ0n) is 12.0. The Morgan fingerprint density at radius 3 is 2.68 bits per heavy atom. The Morgan fingerprint density at radius 1 is 1.37 bits per heavy atom. The van der Waals surface area contributed by atoms with Gasteiger partial charge in [-0.3, -0.25) is 0 Å². The lowest BCUT2D eigenvalue weighted by atomic mass is 10.1. The highest BCUT2D eigenvalue weighted by Gasteiger charge is 2.23. The van der Waals surface area contributed by atoms with Crippen molar-refractivity contribution in [3.05, 3.63) is 29.8 Å². The zero-order chi connectivity index (χ0) is 13.8. The van der Waals surface area contributed by atoms with Crippen molar-refractivity contribution in [1.82, 2.24) is 10.2 Å². The van der Waals surface area contributed by atoms with Gasteiger partial charge in [-0.25, -0.2) is 4.79 Å². The van der Waals surface area contributed by atoms with Crippen LogP contribution in [-0.2, 0) is 0 Å². The third-order valence-electron chi connectivity index (χ3n) is 3.63. The van der Waals surface area contributed by atoms with Gasteiger partial charge in [0.2, 0.25) is 0 Å². The summed E-state index contributed by atoms with van der Waals surface area (Å²) in [6.07, 6.45) is 1.14. The summed E-state index contributed by atoms with van der Waals surface area (Å²) in [5.41, 5.74) is 2.57. The molecule has 1 atom stereocenters. The quantitative estimate of drug-likeness (QED) is 0.904. The van der Waals surface area contributed by atoms with Gasteiger partial charge in [0.05, 0.1) is 0 Å². The molecule has 1 N–H and O–H groups in total. The van der Waals surface area contributed by atoms with Crippen molar-refractivity contribution in [3.63, 3.8) is 0 Å². The molecule has 19 heavy (non-hydrogen) atoms. The number of hydrogen-bond donors (Lipinski definition) is 1. The lowest BCUT2D eigenvalue weighted by Crippen LogP contribution is -2.38. The van der Waals surface area contributed by atoms with Gasteiger partial charge in [0, 0.05) is 39.4 Å². The zero-order valence-corrected chi connectivity index (χ0v) is 12.0. The number of nitrogens with zero attached hydrogens (tertiary/aromatic N) is 2. The molecule has 0 aromatic heterocycles. The molecule has 0 aliphatic carbocycles. The summed E-state index contributed by atoms with van der Waals surface area (Å²) >= 11 is 0. The predicted molar refractivity (Wildman–Crippen MR) is 78.6 cm³/mol. The number of nitrogens with one attached hydrogen (secondary N) is 1. The Labute approximate surface area is 115 Å². The third-order valence-corrected chi connectivity index (χ3v) is 3.63. The van der Waals surface area contributed by atoms with Gasteiger partial charge in [0.15, 0.2) is 0 Å². The molecule has 2 rings (SSSR count). The normalized spacial score (nSPS) is 18.5. The maximum absolute atomic E-state index is 11.5. The van der Waals surface area contributed by atoms with Crippen molar-refractivity contribution in [3.8, 4) is 0 Å². The van der Waals surface area contributed by atoms with Gasteiger partial charge in [0.1, 0.15) is 0 Å². The van der Waals surface area contributed by atoms with Crippen LogP contribution in [0.25, 0.3) is 0 Å². The van der Waals surface area contributed by atoms with Crippen molar-refractivity contribution in [2.75, 3.05) is 38.6 Å². The van der Waals surface area contributed by atoms with Crippen LogP contribution in [0.1, 0.15) is 12.0 Å². The van der Waals surface area contributed by atoms with E-state index in [1.807, 2.05) is 0 Å². The number of aryl methyl sites for hydroxylation is 1. The maximum atomic E-state index is 11.5. The van der Waals surface area contributed by atoms with Gasteiger partial charge in [-0.1, -0.05) is 17.7 Å². The highest BCUT2D eigenvalue weighted by molar-refractivity contribution is 5.73. The van der Waals surface area contributed by atoms with Crippen LogP contribution in [0.4, 0.5) is 10.5 Å². The van der Waals surface area contributed by atoms with E-state index in [9.17, 15) is 4.79 Å². The highest BCUT2D eigenvalue weighted by Crippen LogP contribution is 2.23. The van der Waals surface area contributed by atoms with Crippen molar-refractivity contribution in [2.24, 2.45) is 5.92 Å². The molecule has 1 fully saturated rings. The van der Waals surface area contributed by atoms with E-state index >= 15 is 0 Å². The smallest absolute Gasteiger partial charge is 0.316 e. The van der Waals surface area contributed by atoms with Crippen LogP contribution in [0.2, 0.25) is 0 Å².